The van der Waals surface area contributed by atoms with Gasteiger partial charge in [0.1, 0.15) is 12.3 Å². The molecule has 0 N–H and O–H groups in total. The molecule has 4 nitrogen and oxygen atoms in total. The van der Waals surface area contributed by atoms with E-state index in [9.17, 15) is 0 Å². The first kappa shape index (κ1) is 30.1. The largest absolute Gasteiger partial charge is 1.00 e. The summed E-state index contributed by atoms with van der Waals surface area (Å²) in [4.78, 5) is 2.61. The van der Waals surface area contributed by atoms with Gasteiger partial charge in [-0.15, -0.1) is 0 Å². The molecule has 0 amide bonds. The highest BCUT2D eigenvalue weighted by Crippen LogP contribution is 2.52. The summed E-state index contributed by atoms with van der Waals surface area (Å²) in [7, 11) is 1.81. The summed E-state index contributed by atoms with van der Waals surface area (Å²) in [6.45, 7) is 6.16. The number of imidazole rings is 1. The minimum atomic E-state index is 0. The normalized spacial score (nSPS) is 16.7. The lowest BCUT2D eigenvalue weighted by molar-refractivity contribution is -0.669. The van der Waals surface area contributed by atoms with Crippen molar-refractivity contribution in [1.82, 2.24) is 4.57 Å². The molecule has 228 valence electrons. The van der Waals surface area contributed by atoms with Crippen LogP contribution >= 0.6 is 15.9 Å². The molecule has 0 bridgehead atoms. The van der Waals surface area contributed by atoms with Crippen LogP contribution in [0.5, 0.6) is 5.75 Å². The summed E-state index contributed by atoms with van der Waals surface area (Å²) >= 11 is 3.73. The zero-order valence-corrected chi connectivity index (χ0v) is 28.9. The number of halogens is 2. The van der Waals surface area contributed by atoms with Crippen molar-refractivity contribution >= 4 is 43.4 Å². The number of rotatable bonds is 7. The van der Waals surface area contributed by atoms with E-state index in [0.29, 0.717) is 11.8 Å². The maximum atomic E-state index is 5.97. The van der Waals surface area contributed by atoms with Crippen LogP contribution in [0.2, 0.25) is 0 Å². The zero-order chi connectivity index (χ0) is 29.8. The zero-order valence-electron chi connectivity index (χ0n) is 25.7. The van der Waals surface area contributed by atoms with E-state index in [2.05, 4.69) is 140 Å². The van der Waals surface area contributed by atoms with Crippen LogP contribution in [0.1, 0.15) is 40.4 Å². The first-order chi connectivity index (χ1) is 21.6. The van der Waals surface area contributed by atoms with Gasteiger partial charge in [-0.05, 0) is 81.8 Å². The third-order valence-corrected chi connectivity index (χ3v) is 10.5. The van der Waals surface area contributed by atoms with E-state index in [0.717, 1.165) is 49.2 Å². The molecule has 5 aromatic carbocycles. The van der Waals surface area contributed by atoms with E-state index < -0.39 is 0 Å². The van der Waals surface area contributed by atoms with Crippen LogP contribution in [0.25, 0.3) is 21.8 Å². The van der Waals surface area contributed by atoms with Gasteiger partial charge in [-0.1, -0.05) is 82.7 Å². The first-order valence-electron chi connectivity index (χ1n) is 15.7. The van der Waals surface area contributed by atoms with Crippen molar-refractivity contribution in [2.24, 2.45) is 5.92 Å². The number of aryl methyl sites for hydroxylation is 1. The van der Waals surface area contributed by atoms with Crippen LogP contribution in [0.3, 0.4) is 0 Å². The monoisotopic (exact) mass is 721 g/mol. The average Bonchev–Trinajstić information content (AvgIpc) is 3.54. The fourth-order valence-electron chi connectivity index (χ4n) is 7.99. The summed E-state index contributed by atoms with van der Waals surface area (Å²) in [6, 6.07) is 37.8. The van der Waals surface area contributed by atoms with Crippen molar-refractivity contribution < 1.29 is 26.3 Å². The Hall–Kier alpha value is -3.61. The molecule has 0 fully saturated rings. The van der Waals surface area contributed by atoms with Crippen molar-refractivity contribution in [3.05, 3.63) is 136 Å². The lowest BCUT2D eigenvalue weighted by Gasteiger charge is -2.39. The number of nitrogens with zero attached hydrogens (tertiary/aromatic N) is 3. The summed E-state index contributed by atoms with van der Waals surface area (Å²) in [5.74, 6) is 3.29. The maximum absolute atomic E-state index is 5.97. The van der Waals surface area contributed by atoms with Gasteiger partial charge in [0.2, 0.25) is 0 Å². The molecular formula is C39H37Br2N3O. The van der Waals surface area contributed by atoms with E-state index in [1.54, 1.807) is 0 Å². The van der Waals surface area contributed by atoms with Crippen molar-refractivity contribution in [2.75, 3.05) is 25.1 Å². The Labute approximate surface area is 284 Å². The number of hydrogen-bond donors (Lipinski definition) is 0. The number of hydrogen-bond acceptors (Lipinski definition) is 2. The van der Waals surface area contributed by atoms with Gasteiger partial charge in [0.15, 0.2) is 11.0 Å². The van der Waals surface area contributed by atoms with E-state index in [1.807, 2.05) is 7.11 Å². The number of benzene rings is 5. The maximum Gasteiger partial charge on any atom is 0.254 e. The summed E-state index contributed by atoms with van der Waals surface area (Å²) in [5.41, 5.74) is 9.59. The van der Waals surface area contributed by atoms with Gasteiger partial charge in [0.25, 0.3) is 5.82 Å². The Kier molecular flexibility index (Phi) is 8.22. The molecule has 0 saturated heterocycles. The molecule has 0 spiro atoms. The van der Waals surface area contributed by atoms with Gasteiger partial charge in [-0.25, -0.2) is 9.13 Å². The van der Waals surface area contributed by atoms with E-state index in [1.165, 1.54) is 55.6 Å². The van der Waals surface area contributed by atoms with Gasteiger partial charge >= 0.3 is 0 Å². The molecule has 2 heterocycles. The number of methoxy groups -OCH3 is 1. The molecule has 1 aliphatic heterocycles. The van der Waals surface area contributed by atoms with Crippen molar-refractivity contribution in [2.45, 2.75) is 38.8 Å². The molecule has 0 unspecified atom stereocenters. The highest BCUT2D eigenvalue weighted by molar-refractivity contribution is 9.10. The number of anilines is 1. The van der Waals surface area contributed by atoms with Crippen molar-refractivity contribution in [3.63, 3.8) is 0 Å². The molecule has 8 rings (SSSR count). The van der Waals surface area contributed by atoms with Crippen LogP contribution in [0, 0.1) is 12.8 Å². The van der Waals surface area contributed by atoms with E-state index in [4.69, 9.17) is 4.74 Å². The average molecular weight is 724 g/mol. The van der Waals surface area contributed by atoms with Crippen molar-refractivity contribution in [1.29, 1.82) is 0 Å². The Morgan fingerprint density at radius 2 is 1.67 bits per heavy atom. The van der Waals surface area contributed by atoms with Gasteiger partial charge in [-0.3, -0.25) is 0 Å². The number of ether oxygens (including phenoxy) is 1. The van der Waals surface area contributed by atoms with E-state index in [-0.39, 0.29) is 17.0 Å². The van der Waals surface area contributed by atoms with Crippen LogP contribution in [0.15, 0.2) is 108 Å². The molecule has 2 aliphatic rings. The number of fused-ring (bicyclic) bond motifs is 7. The fraction of sp³-hybridized carbons (Fsp3) is 0.256. The van der Waals surface area contributed by atoms with Crippen LogP contribution in [-0.2, 0) is 19.5 Å². The molecular weight excluding hydrogens is 686 g/mol. The fourth-order valence-corrected chi connectivity index (χ4v) is 8.37. The first-order valence-corrected chi connectivity index (χ1v) is 16.5. The molecule has 1 aromatic heterocycles. The predicted octanol–water partition coefficient (Wildman–Crippen LogP) is 5.43. The minimum absolute atomic E-state index is 0. The second kappa shape index (κ2) is 12.3. The lowest BCUT2D eigenvalue weighted by atomic mass is 9.81. The van der Waals surface area contributed by atoms with Gasteiger partial charge < -0.3 is 26.6 Å². The molecule has 2 atom stereocenters. The second-order valence-corrected chi connectivity index (χ2v) is 13.4. The minimum Gasteiger partial charge on any atom is -1.00 e. The van der Waals surface area contributed by atoms with Gasteiger partial charge in [0, 0.05) is 36.8 Å². The summed E-state index contributed by atoms with van der Waals surface area (Å²) < 4.78 is 12.1. The van der Waals surface area contributed by atoms with E-state index >= 15 is 0 Å². The molecule has 6 heteroatoms. The highest BCUT2D eigenvalue weighted by Gasteiger charge is 2.41. The van der Waals surface area contributed by atoms with Crippen LogP contribution in [0.4, 0.5) is 5.69 Å². The molecule has 0 saturated carbocycles. The third-order valence-electron chi connectivity index (χ3n) is 9.96. The van der Waals surface area contributed by atoms with Crippen LogP contribution in [-0.4, -0.2) is 24.8 Å². The standard InChI is InChI=1S/C39H37BrN3O.BrH/c1-26-42(35-12-5-6-13-36(35)43(26)24-27-15-16-28-9-3-4-10-29(28)21-27)20-8-19-41-25-31-22-30-17-18-32(40)23-34(30)38(31)33-11-7-14-37(44-2)39(33)41;/h3-7,9-18,21,23,31,38H,8,19-20,22,24-25H2,1-2H3;1H/q+1;/p-1/t31-,38-;/m0./s1. The molecule has 45 heavy (non-hydrogen) atoms. The highest BCUT2D eigenvalue weighted by atomic mass is 79.9. The molecule has 1 aliphatic carbocycles. The Bertz CT molecular complexity index is 2030. The molecule has 6 aromatic rings. The summed E-state index contributed by atoms with van der Waals surface area (Å²) in [6.07, 6.45) is 2.19. The van der Waals surface area contributed by atoms with Crippen LogP contribution < -0.4 is 31.2 Å². The van der Waals surface area contributed by atoms with Gasteiger partial charge in [-0.2, -0.15) is 0 Å². The summed E-state index contributed by atoms with van der Waals surface area (Å²) in [5, 5.41) is 2.58. The van der Waals surface area contributed by atoms with Gasteiger partial charge in [0.05, 0.1) is 19.3 Å². The Morgan fingerprint density at radius 1 is 0.844 bits per heavy atom. The number of aromatic nitrogens is 2. The predicted molar refractivity (Wildman–Crippen MR) is 183 cm³/mol. The Balaban J connectivity index is 0.00000325. The molecule has 0 radical (unpaired) electrons. The third kappa shape index (κ3) is 5.26. The SMILES string of the molecule is COc1cccc2c1N(CCCn1c(C)[n+](Cc3ccc4ccccc4c3)c3ccccc31)C[C@@H]1Cc3ccc(Br)cc3[C@H]21.[Br-]. The lowest BCUT2D eigenvalue weighted by Crippen LogP contribution is -3.00. The quantitative estimate of drug-likeness (QED) is 0.205. The Morgan fingerprint density at radius 3 is 2.53 bits per heavy atom. The smallest absolute Gasteiger partial charge is 0.254 e. The number of para-hydroxylation sites is 3. The topological polar surface area (TPSA) is 21.3 Å². The second-order valence-electron chi connectivity index (χ2n) is 12.4. The van der Waals surface area contributed by atoms with Crippen molar-refractivity contribution in [3.8, 4) is 5.75 Å².